The predicted molar refractivity (Wildman–Crippen MR) is 427 cm³/mol. The molecule has 0 bridgehead atoms. The van der Waals surface area contributed by atoms with Crippen LogP contribution in [0.1, 0.15) is 323 Å². The van der Waals surface area contributed by atoms with Crippen molar-refractivity contribution in [1.82, 2.24) is 0 Å². The quantitative estimate of drug-likeness (QED) is 0.0169. The monoisotopic (exact) mass is 1500 g/mol. The van der Waals surface area contributed by atoms with E-state index in [1.807, 2.05) is 18.2 Å². The highest BCUT2D eigenvalue weighted by molar-refractivity contribution is 7.47. The van der Waals surface area contributed by atoms with Crippen LogP contribution in [-0.2, 0) is 65.4 Å². The molecule has 0 saturated carbocycles. The average Bonchev–Trinajstić information content (AvgIpc) is 0.928. The number of phosphoric ester groups is 2. The first kappa shape index (κ1) is 99.2. The van der Waals surface area contributed by atoms with Crippen LogP contribution in [0, 0.1) is 0 Å². The first-order valence-electron chi connectivity index (χ1n) is 40.4. The number of allylic oxidation sites excluding steroid dienone is 22. The van der Waals surface area contributed by atoms with E-state index in [4.69, 9.17) is 37.0 Å². The molecule has 0 aromatic heterocycles. The lowest BCUT2D eigenvalue weighted by molar-refractivity contribution is -0.161. The SMILES string of the molecule is CC/C=C\C/C=C\C/C=C\C/C=C\C/C=C\C/C=C\CCC(=O)OCC(COP(=O)(O)OCC(O)COP(=O)(O)OCC(COC(=O)CCCCCCC/C=C\CCCCCCCC)OC(=O)CCCCCCC/C=C\CCCC)OC(=O)CCCCCCCC/C=C\C/C=C\C/C=C\CCCCC. The highest BCUT2D eigenvalue weighted by atomic mass is 31.2. The molecule has 0 aromatic rings. The van der Waals surface area contributed by atoms with Gasteiger partial charge >= 0.3 is 39.5 Å². The predicted octanol–water partition coefficient (Wildman–Crippen LogP) is 23.7. The van der Waals surface area contributed by atoms with Gasteiger partial charge in [0.05, 0.1) is 26.4 Å². The van der Waals surface area contributed by atoms with Crippen molar-refractivity contribution in [3.63, 3.8) is 0 Å². The van der Waals surface area contributed by atoms with E-state index in [0.29, 0.717) is 32.1 Å². The van der Waals surface area contributed by atoms with Gasteiger partial charge in [0.15, 0.2) is 12.2 Å². The summed E-state index contributed by atoms with van der Waals surface area (Å²) >= 11 is 0. The Morgan fingerprint density at radius 3 is 0.885 bits per heavy atom. The van der Waals surface area contributed by atoms with Crippen molar-refractivity contribution in [3.8, 4) is 0 Å². The number of phosphoric acid groups is 2. The zero-order valence-corrected chi connectivity index (χ0v) is 66.9. The second-order valence-corrected chi connectivity index (χ2v) is 29.5. The highest BCUT2D eigenvalue weighted by Crippen LogP contribution is 2.45. The van der Waals surface area contributed by atoms with Crippen LogP contribution in [0.4, 0.5) is 0 Å². The standard InChI is InChI=1S/C85H144O17P2/c1-5-9-13-17-21-25-29-32-35-37-39-41-44-47-51-54-58-62-66-70-83(88)96-76-81(102-85(90)72-68-64-60-56-52-48-45-42-40-38-36-33-30-26-22-18-14-10-6-2)78-100-104(93,94)98-74-79(86)73-97-103(91,92)99-77-80(101-84(89)71-67-63-59-55-49-28-24-20-16-12-8-4)75-95-82(87)69-65-61-57-53-50-46-43-34-31-27-23-19-15-11-7-3/h9,13,20-22,24-26,32-36,39-43,47,51,58,62,79-81,86H,5-8,10-12,14-19,23,27-31,37-38,44-46,48-50,52-57,59-61,63-78H2,1-4H3,(H,91,92)(H,93,94)/b13-9-,24-20-,25-21-,26-22-,35-32-,36-33-,41-39-,42-40-,43-34-,51-47-,62-58-. The van der Waals surface area contributed by atoms with Crippen LogP contribution >= 0.6 is 15.6 Å². The molecular weight excluding hydrogens is 1350 g/mol. The van der Waals surface area contributed by atoms with Gasteiger partial charge in [-0.05, 0) is 148 Å². The van der Waals surface area contributed by atoms with Crippen LogP contribution in [0.25, 0.3) is 0 Å². The van der Waals surface area contributed by atoms with Gasteiger partial charge in [-0.2, -0.15) is 0 Å². The molecule has 0 aromatic carbocycles. The molecule has 0 rings (SSSR count). The van der Waals surface area contributed by atoms with E-state index < -0.39 is 97.5 Å². The Bertz CT molecular complexity index is 2490. The Morgan fingerprint density at radius 1 is 0.279 bits per heavy atom. The van der Waals surface area contributed by atoms with Crippen LogP contribution in [0.2, 0.25) is 0 Å². The molecule has 0 aliphatic carbocycles. The van der Waals surface area contributed by atoms with Crippen molar-refractivity contribution >= 4 is 39.5 Å². The maximum Gasteiger partial charge on any atom is 0.472 e. The minimum atomic E-state index is -5.00. The molecule has 0 aliphatic rings. The molecule has 104 heavy (non-hydrogen) atoms. The summed E-state index contributed by atoms with van der Waals surface area (Å²) < 4.78 is 68.5. The lowest BCUT2D eigenvalue weighted by Gasteiger charge is -2.21. The number of aliphatic hydroxyl groups excluding tert-OH is 1. The fourth-order valence-electron chi connectivity index (χ4n) is 10.4. The number of unbranched alkanes of at least 4 members (excludes halogenated alkanes) is 27. The molecule has 0 saturated heterocycles. The number of esters is 4. The summed E-state index contributed by atoms with van der Waals surface area (Å²) in [5, 5.41) is 10.6. The van der Waals surface area contributed by atoms with E-state index in [1.165, 1.54) is 70.6 Å². The summed E-state index contributed by atoms with van der Waals surface area (Å²) in [7, 11) is -9.99. The third-order valence-electron chi connectivity index (χ3n) is 16.6. The molecule has 19 heteroatoms. The third kappa shape index (κ3) is 75.4. The second-order valence-electron chi connectivity index (χ2n) is 26.6. The number of carbonyl (C=O) groups excluding carboxylic acids is 4. The lowest BCUT2D eigenvalue weighted by atomic mass is 10.1. The van der Waals surface area contributed by atoms with Crippen LogP contribution in [0.3, 0.4) is 0 Å². The largest absolute Gasteiger partial charge is 0.472 e. The first-order chi connectivity index (χ1) is 50.7. The summed E-state index contributed by atoms with van der Waals surface area (Å²) in [5.41, 5.74) is 0. The Morgan fingerprint density at radius 2 is 0.529 bits per heavy atom. The fraction of sp³-hybridized carbons (Fsp3) is 0.694. The topological polar surface area (TPSA) is 237 Å². The maximum absolute atomic E-state index is 13.1. The maximum atomic E-state index is 13.1. The molecule has 0 fully saturated rings. The Hall–Kier alpha value is -4.80. The second kappa shape index (κ2) is 76.4. The van der Waals surface area contributed by atoms with Gasteiger partial charge in [-0.15, -0.1) is 0 Å². The van der Waals surface area contributed by atoms with Gasteiger partial charge in [-0.25, -0.2) is 9.13 Å². The van der Waals surface area contributed by atoms with Crippen LogP contribution in [-0.4, -0.2) is 96.7 Å². The molecule has 0 radical (unpaired) electrons. The molecule has 5 unspecified atom stereocenters. The Labute approximate surface area is 631 Å². The Balaban J connectivity index is 5.43. The van der Waals surface area contributed by atoms with E-state index in [1.54, 1.807) is 0 Å². The van der Waals surface area contributed by atoms with Gasteiger partial charge in [-0.1, -0.05) is 283 Å². The van der Waals surface area contributed by atoms with Gasteiger partial charge in [0.25, 0.3) is 0 Å². The molecule has 0 spiro atoms. The smallest absolute Gasteiger partial charge is 0.462 e. The molecule has 0 aliphatic heterocycles. The van der Waals surface area contributed by atoms with Crippen molar-refractivity contribution in [2.75, 3.05) is 39.6 Å². The molecule has 596 valence electrons. The highest BCUT2D eigenvalue weighted by Gasteiger charge is 2.30. The van der Waals surface area contributed by atoms with E-state index in [-0.39, 0.29) is 25.7 Å². The van der Waals surface area contributed by atoms with Gasteiger partial charge in [-0.3, -0.25) is 37.3 Å². The number of hydrogen-bond acceptors (Lipinski definition) is 15. The van der Waals surface area contributed by atoms with Gasteiger partial charge in [0.2, 0.25) is 0 Å². The zero-order valence-electron chi connectivity index (χ0n) is 65.2. The summed E-state index contributed by atoms with van der Waals surface area (Å²) in [6.07, 6.45) is 85.9. The number of aliphatic hydroxyl groups is 1. The molecule has 0 amide bonds. The van der Waals surface area contributed by atoms with Gasteiger partial charge in [0, 0.05) is 25.7 Å². The fourth-order valence-corrected chi connectivity index (χ4v) is 12.0. The van der Waals surface area contributed by atoms with Crippen LogP contribution in [0.15, 0.2) is 134 Å². The van der Waals surface area contributed by atoms with Crippen molar-refractivity contribution in [3.05, 3.63) is 134 Å². The molecule has 5 atom stereocenters. The minimum absolute atomic E-state index is 0.0298. The van der Waals surface area contributed by atoms with Crippen molar-refractivity contribution in [1.29, 1.82) is 0 Å². The van der Waals surface area contributed by atoms with Crippen molar-refractivity contribution in [2.24, 2.45) is 0 Å². The summed E-state index contributed by atoms with van der Waals surface area (Å²) in [6.45, 7) is 4.58. The first-order valence-corrected chi connectivity index (χ1v) is 43.4. The van der Waals surface area contributed by atoms with Crippen molar-refractivity contribution in [2.45, 2.75) is 341 Å². The van der Waals surface area contributed by atoms with E-state index >= 15 is 0 Å². The number of rotatable bonds is 75. The average molecular weight is 1500 g/mol. The number of ether oxygens (including phenoxy) is 4. The summed E-state index contributed by atoms with van der Waals surface area (Å²) in [5.74, 6) is -2.30. The Kier molecular flexibility index (Phi) is 72.9. The third-order valence-corrected chi connectivity index (χ3v) is 18.5. The molecular formula is C85H144O17P2. The normalized spacial score (nSPS) is 14.6. The number of hydrogen-bond donors (Lipinski definition) is 3. The zero-order chi connectivity index (χ0) is 76.0. The number of carbonyl (C=O) groups is 4. The van der Waals surface area contributed by atoms with Gasteiger partial charge < -0.3 is 33.8 Å². The van der Waals surface area contributed by atoms with E-state index in [9.17, 15) is 43.2 Å². The van der Waals surface area contributed by atoms with E-state index in [2.05, 4.69) is 143 Å². The van der Waals surface area contributed by atoms with Crippen LogP contribution in [0.5, 0.6) is 0 Å². The minimum Gasteiger partial charge on any atom is -0.462 e. The van der Waals surface area contributed by atoms with Crippen molar-refractivity contribution < 1.29 is 80.2 Å². The molecule has 3 N–H and O–H groups in total. The molecule has 17 nitrogen and oxygen atoms in total. The van der Waals surface area contributed by atoms with Crippen LogP contribution < -0.4 is 0 Å². The molecule has 0 heterocycles. The summed E-state index contributed by atoms with van der Waals surface area (Å²) in [4.78, 5) is 73.0. The lowest BCUT2D eigenvalue weighted by Crippen LogP contribution is -2.30. The summed E-state index contributed by atoms with van der Waals surface area (Å²) in [6, 6.07) is 0. The van der Waals surface area contributed by atoms with Gasteiger partial charge in [0.1, 0.15) is 19.3 Å². The van der Waals surface area contributed by atoms with E-state index in [0.717, 1.165) is 167 Å².